The van der Waals surface area contributed by atoms with Crippen LogP contribution in [0.1, 0.15) is 43.9 Å². The van der Waals surface area contributed by atoms with Crippen molar-refractivity contribution in [1.82, 2.24) is 15.0 Å². The number of aromatic nitrogens is 3. The van der Waals surface area contributed by atoms with E-state index in [-0.39, 0.29) is 36.0 Å². The number of carbonyl (C=O) groups is 2. The molecule has 208 valence electrons. The van der Waals surface area contributed by atoms with Crippen molar-refractivity contribution in [3.63, 3.8) is 0 Å². The van der Waals surface area contributed by atoms with E-state index in [1.165, 1.54) is 7.11 Å². The van der Waals surface area contributed by atoms with Gasteiger partial charge in [0.2, 0.25) is 0 Å². The number of methoxy groups -OCH3 is 1. The van der Waals surface area contributed by atoms with Crippen LogP contribution in [0, 0.1) is 5.92 Å². The predicted octanol–water partition coefficient (Wildman–Crippen LogP) is 3.04. The number of rotatable bonds is 11. The molecule has 1 aromatic heterocycles. The van der Waals surface area contributed by atoms with Crippen LogP contribution >= 0.6 is 11.6 Å². The maximum atomic E-state index is 14.2. The Morgan fingerprint density at radius 1 is 1.29 bits per heavy atom. The fourth-order valence-corrected chi connectivity index (χ4v) is 8.89. The molecule has 38 heavy (non-hydrogen) atoms. The van der Waals surface area contributed by atoms with E-state index >= 15 is 0 Å². The first-order valence-electron chi connectivity index (χ1n) is 13.1. The molecule has 2 aromatic rings. The molecule has 1 fully saturated rings. The van der Waals surface area contributed by atoms with Gasteiger partial charge in [-0.05, 0) is 50.6 Å². The molecule has 0 unspecified atom stereocenters. The van der Waals surface area contributed by atoms with Gasteiger partial charge in [0.25, 0.3) is 5.91 Å². The molecule has 1 spiro atoms. The van der Waals surface area contributed by atoms with Gasteiger partial charge in [-0.15, -0.1) is 5.10 Å². The smallest absolute Gasteiger partial charge is 0.305 e. The summed E-state index contributed by atoms with van der Waals surface area (Å²) in [6.45, 7) is 6.71. The van der Waals surface area contributed by atoms with Gasteiger partial charge in [0.1, 0.15) is 0 Å². The molecule has 3 heterocycles. The zero-order chi connectivity index (χ0) is 27.7. The van der Waals surface area contributed by atoms with Gasteiger partial charge < -0.3 is 24.3 Å². The molecule has 4 rings (SSSR count). The highest BCUT2D eigenvalue weighted by molar-refractivity contribution is 6.71. The van der Waals surface area contributed by atoms with Crippen molar-refractivity contribution in [2.75, 3.05) is 25.2 Å². The van der Waals surface area contributed by atoms with E-state index < -0.39 is 13.9 Å². The number of anilines is 1. The van der Waals surface area contributed by atoms with Gasteiger partial charge in [-0.2, -0.15) is 0 Å². The van der Waals surface area contributed by atoms with Gasteiger partial charge in [-0.25, -0.2) is 0 Å². The minimum Gasteiger partial charge on any atom is -0.469 e. The minimum absolute atomic E-state index is 0.000109. The van der Waals surface area contributed by atoms with Crippen LogP contribution in [-0.4, -0.2) is 71.5 Å². The summed E-state index contributed by atoms with van der Waals surface area (Å²) in [5.74, 6) is -0.715. The molecule has 1 saturated heterocycles. The van der Waals surface area contributed by atoms with Crippen molar-refractivity contribution in [2.24, 2.45) is 5.92 Å². The molecule has 10 nitrogen and oxygen atoms in total. The SMILES string of the molecule is COC(=O)CCCCN1C(=O)[C@@]2(O[C@@H](CCn3cc(CCO)nn3)[C@H]([Si](C)(C)O)[C@H]2C)c2cc(Cl)ccc21. The zero-order valence-electron chi connectivity index (χ0n) is 22.4. The van der Waals surface area contributed by atoms with Crippen molar-refractivity contribution in [1.29, 1.82) is 0 Å². The van der Waals surface area contributed by atoms with Gasteiger partial charge in [-0.3, -0.25) is 14.3 Å². The number of aliphatic hydroxyl groups excluding tert-OH is 1. The molecule has 2 N–H and O–H groups in total. The Bertz CT molecular complexity index is 1170. The Morgan fingerprint density at radius 3 is 2.74 bits per heavy atom. The number of aliphatic hydroxyl groups is 1. The fraction of sp³-hybridized carbons (Fsp3) is 0.615. The quantitative estimate of drug-likeness (QED) is 0.242. The third-order valence-corrected chi connectivity index (χ3v) is 10.5. The number of esters is 1. The molecule has 0 radical (unpaired) electrons. The van der Waals surface area contributed by atoms with Gasteiger partial charge in [0, 0.05) is 60.8 Å². The van der Waals surface area contributed by atoms with Gasteiger partial charge in [0.15, 0.2) is 13.9 Å². The molecule has 0 bridgehead atoms. The van der Waals surface area contributed by atoms with Crippen molar-refractivity contribution in [3.05, 3.63) is 40.7 Å². The first-order chi connectivity index (χ1) is 18.0. The molecule has 0 aliphatic carbocycles. The van der Waals surface area contributed by atoms with E-state index in [2.05, 4.69) is 10.3 Å². The maximum Gasteiger partial charge on any atom is 0.305 e. The Hall–Kier alpha value is -2.31. The van der Waals surface area contributed by atoms with Crippen LogP contribution in [-0.2, 0) is 37.6 Å². The summed E-state index contributed by atoms with van der Waals surface area (Å²) >= 11 is 6.42. The second kappa shape index (κ2) is 11.4. The van der Waals surface area contributed by atoms with E-state index in [9.17, 15) is 14.4 Å². The summed E-state index contributed by atoms with van der Waals surface area (Å²) in [6, 6.07) is 5.43. The molecule has 2 aliphatic heterocycles. The number of aryl methyl sites for hydroxylation is 1. The standard InChI is InChI=1S/C26H37ClN4O6Si/c1-17-24(38(3,4)35)22(10-13-30-16-19(11-14-32)28-29-30)37-26(17)20-15-18(27)8-9-21(20)31(25(26)34)12-6-5-7-23(33)36-2/h8-9,15-17,22,24,32,35H,5-7,10-14H2,1-4H3/t17-,22+,24-,26+/m1/s1. The number of benzene rings is 1. The van der Waals surface area contributed by atoms with Crippen LogP contribution in [0.15, 0.2) is 24.4 Å². The molecule has 2 aliphatic rings. The monoisotopic (exact) mass is 564 g/mol. The minimum atomic E-state index is -2.78. The normalized spacial score (nSPS) is 24.9. The maximum absolute atomic E-state index is 14.2. The Labute approximate surface area is 229 Å². The summed E-state index contributed by atoms with van der Waals surface area (Å²) in [5, 5.41) is 17.9. The third kappa shape index (κ3) is 5.39. The van der Waals surface area contributed by atoms with Crippen LogP contribution in [0.5, 0.6) is 0 Å². The zero-order valence-corrected chi connectivity index (χ0v) is 24.1. The molecular weight excluding hydrogens is 528 g/mol. The van der Waals surface area contributed by atoms with Gasteiger partial charge in [-0.1, -0.05) is 23.7 Å². The topological polar surface area (TPSA) is 127 Å². The second-order valence-electron chi connectivity index (χ2n) is 10.7. The first-order valence-corrected chi connectivity index (χ1v) is 16.5. The lowest BCUT2D eigenvalue weighted by Gasteiger charge is -2.32. The molecule has 4 atom stereocenters. The highest BCUT2D eigenvalue weighted by Gasteiger charge is 2.66. The number of hydrogen-bond donors (Lipinski definition) is 2. The lowest BCUT2D eigenvalue weighted by Crippen LogP contribution is -2.46. The molecule has 0 saturated carbocycles. The Kier molecular flexibility index (Phi) is 8.63. The van der Waals surface area contributed by atoms with Crippen molar-refractivity contribution >= 4 is 37.5 Å². The number of ether oxygens (including phenoxy) is 2. The van der Waals surface area contributed by atoms with Crippen LogP contribution in [0.25, 0.3) is 0 Å². The lowest BCUT2D eigenvalue weighted by molar-refractivity contribution is -0.146. The van der Waals surface area contributed by atoms with Gasteiger partial charge in [0.05, 0.1) is 24.6 Å². The number of hydrogen-bond acceptors (Lipinski definition) is 8. The van der Waals surface area contributed by atoms with Crippen molar-refractivity contribution < 1.29 is 29.0 Å². The van der Waals surface area contributed by atoms with Crippen LogP contribution in [0.2, 0.25) is 23.7 Å². The first kappa shape index (κ1) is 28.7. The summed E-state index contributed by atoms with van der Waals surface area (Å²) in [7, 11) is -1.42. The largest absolute Gasteiger partial charge is 0.469 e. The average molecular weight is 565 g/mol. The van der Waals surface area contributed by atoms with E-state index in [0.717, 1.165) is 11.3 Å². The van der Waals surface area contributed by atoms with E-state index in [1.807, 2.05) is 32.2 Å². The fourth-order valence-electron chi connectivity index (χ4n) is 6.12. The Morgan fingerprint density at radius 2 is 2.05 bits per heavy atom. The second-order valence-corrected chi connectivity index (χ2v) is 15.2. The summed E-state index contributed by atoms with van der Waals surface area (Å²) < 4.78 is 13.2. The van der Waals surface area contributed by atoms with Crippen molar-refractivity contribution in [2.45, 2.75) is 75.9 Å². The summed E-state index contributed by atoms with van der Waals surface area (Å²) in [4.78, 5) is 38.9. The average Bonchev–Trinajstić information content (AvgIpc) is 3.50. The predicted molar refractivity (Wildman–Crippen MR) is 144 cm³/mol. The lowest BCUT2D eigenvalue weighted by atomic mass is 9.82. The highest BCUT2D eigenvalue weighted by Crippen LogP contribution is 2.59. The van der Waals surface area contributed by atoms with Crippen LogP contribution in [0.4, 0.5) is 5.69 Å². The number of amides is 1. The van der Waals surface area contributed by atoms with Crippen molar-refractivity contribution in [3.8, 4) is 0 Å². The number of unbranched alkanes of at least 4 members (excludes halogenated alkanes) is 1. The number of nitrogens with zero attached hydrogens (tertiary/aromatic N) is 4. The van der Waals surface area contributed by atoms with E-state index in [0.29, 0.717) is 55.9 Å². The molecular formula is C26H37ClN4O6Si. The van der Waals surface area contributed by atoms with Crippen LogP contribution < -0.4 is 4.90 Å². The highest BCUT2D eigenvalue weighted by atomic mass is 35.5. The van der Waals surface area contributed by atoms with Crippen LogP contribution in [0.3, 0.4) is 0 Å². The van der Waals surface area contributed by atoms with Gasteiger partial charge >= 0.3 is 5.97 Å². The third-order valence-electron chi connectivity index (χ3n) is 7.78. The number of carbonyl (C=O) groups excluding carboxylic acids is 2. The summed E-state index contributed by atoms with van der Waals surface area (Å²) in [6.07, 6.45) is 3.91. The molecule has 1 aromatic carbocycles. The Balaban J connectivity index is 1.62. The van der Waals surface area contributed by atoms with E-state index in [4.69, 9.17) is 26.2 Å². The molecule has 12 heteroatoms. The number of halogens is 1. The number of fused-ring (bicyclic) bond motifs is 2. The summed E-state index contributed by atoms with van der Waals surface area (Å²) in [5.41, 5.74) is 0.724. The van der Waals surface area contributed by atoms with E-state index in [1.54, 1.807) is 21.8 Å². The molecule has 1 amide bonds.